The monoisotopic (exact) mass is 419 g/mol. The minimum Gasteiger partial charge on any atom is -0.481 e. The van der Waals surface area contributed by atoms with Crippen LogP contribution in [0.2, 0.25) is 0 Å². The molecule has 1 amide bonds. The summed E-state index contributed by atoms with van der Waals surface area (Å²) in [4.78, 5) is 38.5. The lowest BCUT2D eigenvalue weighted by Gasteiger charge is -2.24. The second-order valence-electron chi connectivity index (χ2n) is 8.16. The number of esters is 1. The van der Waals surface area contributed by atoms with E-state index in [0.29, 0.717) is 29.3 Å². The van der Waals surface area contributed by atoms with Crippen molar-refractivity contribution < 1.29 is 24.2 Å². The standard InChI is InChI=1S/C22H29NO5S/c1-4-13-9-10-16-17(11-13)29-20(18(16)22(27)28-12(2)3)23-19(24)14-7-5-6-8-15(14)21(25)26/h5-6,12-15H,4,7-11H2,1-3H3,(H,23,24)(H,25,26). The Hall–Kier alpha value is -2.15. The minimum absolute atomic E-state index is 0.256. The van der Waals surface area contributed by atoms with Gasteiger partial charge in [-0.05, 0) is 57.4 Å². The summed E-state index contributed by atoms with van der Waals surface area (Å²) < 4.78 is 5.45. The van der Waals surface area contributed by atoms with E-state index >= 15 is 0 Å². The zero-order valence-corrected chi connectivity index (χ0v) is 18.0. The van der Waals surface area contributed by atoms with E-state index in [2.05, 4.69) is 12.2 Å². The Bertz CT molecular complexity index is 825. The van der Waals surface area contributed by atoms with E-state index < -0.39 is 23.8 Å². The molecule has 3 rings (SSSR count). The van der Waals surface area contributed by atoms with Crippen LogP contribution in [0.5, 0.6) is 0 Å². The normalized spacial score (nSPS) is 23.5. The van der Waals surface area contributed by atoms with Gasteiger partial charge in [0, 0.05) is 4.88 Å². The highest BCUT2D eigenvalue weighted by Gasteiger charge is 2.36. The summed E-state index contributed by atoms with van der Waals surface area (Å²) in [6, 6.07) is 0. The van der Waals surface area contributed by atoms with Crippen LogP contribution in [0, 0.1) is 17.8 Å². The van der Waals surface area contributed by atoms with E-state index in [4.69, 9.17) is 4.74 Å². The van der Waals surface area contributed by atoms with E-state index in [1.807, 2.05) is 12.2 Å². The molecule has 0 saturated carbocycles. The number of allylic oxidation sites excluding steroid dienone is 2. The number of rotatable bonds is 6. The predicted molar refractivity (Wildman–Crippen MR) is 112 cm³/mol. The molecule has 3 unspecified atom stereocenters. The second-order valence-corrected chi connectivity index (χ2v) is 9.27. The average Bonchev–Trinajstić information content (AvgIpc) is 3.04. The maximum atomic E-state index is 13.0. The quantitative estimate of drug-likeness (QED) is 0.525. The van der Waals surface area contributed by atoms with Crippen molar-refractivity contribution >= 4 is 34.2 Å². The molecule has 0 aliphatic heterocycles. The fourth-order valence-corrected chi connectivity index (χ4v) is 5.51. The summed E-state index contributed by atoms with van der Waals surface area (Å²) in [5, 5.41) is 12.9. The molecule has 2 aliphatic carbocycles. The van der Waals surface area contributed by atoms with Crippen LogP contribution in [0.1, 0.15) is 67.3 Å². The number of carboxylic acids is 1. The van der Waals surface area contributed by atoms with Gasteiger partial charge in [-0.25, -0.2) is 4.79 Å². The van der Waals surface area contributed by atoms with Crippen LogP contribution in [-0.4, -0.2) is 29.1 Å². The topological polar surface area (TPSA) is 92.7 Å². The number of amides is 1. The largest absolute Gasteiger partial charge is 0.481 e. The molecular weight excluding hydrogens is 390 g/mol. The van der Waals surface area contributed by atoms with Crippen molar-refractivity contribution in [2.24, 2.45) is 17.8 Å². The van der Waals surface area contributed by atoms with E-state index in [1.165, 1.54) is 11.3 Å². The van der Waals surface area contributed by atoms with Crippen molar-refractivity contribution in [3.05, 3.63) is 28.2 Å². The molecule has 0 spiro atoms. The van der Waals surface area contributed by atoms with Crippen LogP contribution in [0.4, 0.5) is 5.00 Å². The van der Waals surface area contributed by atoms with Crippen molar-refractivity contribution in [2.45, 2.75) is 65.4 Å². The lowest BCUT2D eigenvalue weighted by Crippen LogP contribution is -2.34. The summed E-state index contributed by atoms with van der Waals surface area (Å²) in [7, 11) is 0. The molecule has 158 valence electrons. The molecule has 1 aromatic heterocycles. The number of carbonyl (C=O) groups excluding carboxylic acids is 2. The number of nitrogens with one attached hydrogen (secondary N) is 1. The molecule has 29 heavy (non-hydrogen) atoms. The number of anilines is 1. The third kappa shape index (κ3) is 4.71. The second kappa shape index (κ2) is 9.11. The highest BCUT2D eigenvalue weighted by molar-refractivity contribution is 7.17. The lowest BCUT2D eigenvalue weighted by molar-refractivity contribution is -0.146. The third-order valence-electron chi connectivity index (χ3n) is 5.81. The van der Waals surface area contributed by atoms with Crippen molar-refractivity contribution in [3.63, 3.8) is 0 Å². The number of carboxylic acid groups (broad SMARTS) is 1. The van der Waals surface area contributed by atoms with Gasteiger partial charge in [0.25, 0.3) is 0 Å². The number of ether oxygens (including phenoxy) is 1. The summed E-state index contributed by atoms with van der Waals surface area (Å²) in [6.45, 7) is 5.77. The Morgan fingerprint density at radius 1 is 1.24 bits per heavy atom. The highest BCUT2D eigenvalue weighted by Crippen LogP contribution is 2.41. The summed E-state index contributed by atoms with van der Waals surface area (Å²) in [5.41, 5.74) is 1.44. The van der Waals surface area contributed by atoms with Gasteiger partial charge in [0.05, 0.1) is 23.5 Å². The number of thiophene rings is 1. The highest BCUT2D eigenvalue weighted by atomic mass is 32.1. The molecule has 1 heterocycles. The Kier molecular flexibility index (Phi) is 6.77. The Balaban J connectivity index is 1.90. The fraction of sp³-hybridized carbons (Fsp3) is 0.591. The predicted octanol–water partition coefficient (Wildman–Crippen LogP) is 4.43. The smallest absolute Gasteiger partial charge is 0.341 e. The molecule has 0 bridgehead atoms. The first-order valence-electron chi connectivity index (χ1n) is 10.4. The van der Waals surface area contributed by atoms with Crippen molar-refractivity contribution in [2.75, 3.05) is 5.32 Å². The van der Waals surface area contributed by atoms with Crippen LogP contribution in [0.25, 0.3) is 0 Å². The van der Waals surface area contributed by atoms with Gasteiger partial charge in [0.15, 0.2) is 0 Å². The molecular formula is C22H29NO5S. The van der Waals surface area contributed by atoms with Gasteiger partial charge in [0.2, 0.25) is 5.91 Å². The van der Waals surface area contributed by atoms with Crippen LogP contribution in [0.3, 0.4) is 0 Å². The van der Waals surface area contributed by atoms with Gasteiger partial charge in [-0.3, -0.25) is 9.59 Å². The van der Waals surface area contributed by atoms with Crippen molar-refractivity contribution in [1.82, 2.24) is 0 Å². The molecule has 3 atom stereocenters. The van der Waals surface area contributed by atoms with Gasteiger partial charge < -0.3 is 15.2 Å². The molecule has 0 aromatic carbocycles. The molecule has 0 saturated heterocycles. The Labute approximate surface area is 175 Å². The summed E-state index contributed by atoms with van der Waals surface area (Å²) >= 11 is 1.44. The van der Waals surface area contributed by atoms with E-state index in [-0.39, 0.29) is 12.0 Å². The lowest BCUT2D eigenvalue weighted by atomic mass is 9.82. The number of hydrogen-bond donors (Lipinski definition) is 2. The zero-order chi connectivity index (χ0) is 21.1. The molecule has 2 N–H and O–H groups in total. The third-order valence-corrected chi connectivity index (χ3v) is 6.98. The molecule has 7 heteroatoms. The van der Waals surface area contributed by atoms with Crippen LogP contribution in [-0.2, 0) is 27.2 Å². The van der Waals surface area contributed by atoms with E-state index in [9.17, 15) is 19.5 Å². The molecule has 0 radical (unpaired) electrons. The average molecular weight is 420 g/mol. The first-order valence-corrected chi connectivity index (χ1v) is 11.2. The maximum absolute atomic E-state index is 13.0. The van der Waals surface area contributed by atoms with Gasteiger partial charge in [-0.2, -0.15) is 0 Å². The number of fused-ring (bicyclic) bond motifs is 1. The first-order chi connectivity index (χ1) is 13.8. The molecule has 6 nitrogen and oxygen atoms in total. The number of carbonyl (C=O) groups is 3. The van der Waals surface area contributed by atoms with Gasteiger partial charge in [-0.1, -0.05) is 25.5 Å². The fourth-order valence-electron chi connectivity index (χ4n) is 4.16. The Morgan fingerprint density at radius 2 is 1.93 bits per heavy atom. The number of hydrogen-bond acceptors (Lipinski definition) is 5. The van der Waals surface area contributed by atoms with Crippen molar-refractivity contribution in [3.8, 4) is 0 Å². The van der Waals surface area contributed by atoms with Gasteiger partial charge in [-0.15, -0.1) is 11.3 Å². The maximum Gasteiger partial charge on any atom is 0.341 e. The van der Waals surface area contributed by atoms with Crippen LogP contribution in [0.15, 0.2) is 12.2 Å². The number of aliphatic carboxylic acids is 1. The molecule has 2 aliphatic rings. The van der Waals surface area contributed by atoms with Crippen LogP contribution < -0.4 is 5.32 Å². The SMILES string of the molecule is CCC1CCc2c(sc(NC(=O)C3CC=CCC3C(=O)O)c2C(=O)OC(C)C)C1. The zero-order valence-electron chi connectivity index (χ0n) is 17.2. The van der Waals surface area contributed by atoms with Gasteiger partial charge in [0.1, 0.15) is 5.00 Å². The summed E-state index contributed by atoms with van der Waals surface area (Å²) in [6.07, 6.45) is 7.93. The Morgan fingerprint density at radius 3 is 2.55 bits per heavy atom. The van der Waals surface area contributed by atoms with Crippen LogP contribution >= 0.6 is 11.3 Å². The van der Waals surface area contributed by atoms with E-state index in [1.54, 1.807) is 13.8 Å². The summed E-state index contributed by atoms with van der Waals surface area (Å²) in [5.74, 6) is -2.53. The van der Waals surface area contributed by atoms with Crippen molar-refractivity contribution in [1.29, 1.82) is 0 Å². The minimum atomic E-state index is -0.967. The molecule has 1 aromatic rings. The first kappa shape index (κ1) is 21.6. The molecule has 0 fully saturated rings. The van der Waals surface area contributed by atoms with Gasteiger partial charge >= 0.3 is 11.9 Å². The van der Waals surface area contributed by atoms with E-state index in [0.717, 1.165) is 36.1 Å².